The molecule has 0 spiro atoms. The Kier molecular flexibility index (Phi) is 4.85. The average molecular weight is 251 g/mol. The van der Waals surface area contributed by atoms with Gasteiger partial charge in [0, 0.05) is 12.2 Å². The Balaban J connectivity index is 2.85. The summed E-state index contributed by atoms with van der Waals surface area (Å²) in [5, 5.41) is 2.53. The van der Waals surface area contributed by atoms with Crippen molar-refractivity contribution in [2.24, 2.45) is 0 Å². The number of hydrogen-bond donors (Lipinski definition) is 1. The molecule has 0 fully saturated rings. The molecule has 18 heavy (non-hydrogen) atoms. The second-order valence-electron chi connectivity index (χ2n) is 3.78. The first kappa shape index (κ1) is 14.2. The van der Waals surface area contributed by atoms with Gasteiger partial charge in [-0.3, -0.25) is 4.79 Å². The van der Waals surface area contributed by atoms with E-state index in [0.29, 0.717) is 5.56 Å². The Labute approximate surface area is 106 Å². The third-order valence-electron chi connectivity index (χ3n) is 2.40. The summed E-state index contributed by atoms with van der Waals surface area (Å²) in [5.41, 5.74) is -1.02. The summed E-state index contributed by atoms with van der Waals surface area (Å²) in [6, 6.07) is 8.59. The van der Waals surface area contributed by atoms with Gasteiger partial charge in [-0.1, -0.05) is 18.2 Å². The molecule has 5 heteroatoms. The monoisotopic (exact) mass is 251 g/mol. The van der Waals surface area contributed by atoms with Crippen LogP contribution in [0, 0.1) is 0 Å². The SMILES string of the molecule is CCOC(C)(NC(=O)c1ccccc1)C(=O)OC. The number of methoxy groups -OCH3 is 1. The fourth-order valence-electron chi connectivity index (χ4n) is 1.51. The maximum absolute atomic E-state index is 12.0. The van der Waals surface area contributed by atoms with Gasteiger partial charge in [0.1, 0.15) is 0 Å². The number of benzene rings is 1. The summed E-state index contributed by atoms with van der Waals surface area (Å²) in [6.45, 7) is 3.47. The predicted octanol–water partition coefficient (Wildman–Crippen LogP) is 1.34. The molecule has 1 atom stereocenters. The molecule has 0 aliphatic carbocycles. The minimum absolute atomic E-state index is 0.278. The lowest BCUT2D eigenvalue weighted by Crippen LogP contribution is -2.54. The molecule has 0 aliphatic rings. The van der Waals surface area contributed by atoms with Gasteiger partial charge in [0.2, 0.25) is 5.72 Å². The summed E-state index contributed by atoms with van der Waals surface area (Å²) in [5.74, 6) is -1.04. The van der Waals surface area contributed by atoms with Crippen molar-refractivity contribution in [1.82, 2.24) is 5.32 Å². The van der Waals surface area contributed by atoms with Gasteiger partial charge in [-0.25, -0.2) is 4.79 Å². The Hall–Kier alpha value is -1.88. The van der Waals surface area contributed by atoms with Crippen LogP contribution in [0.4, 0.5) is 0 Å². The van der Waals surface area contributed by atoms with Crippen molar-refractivity contribution in [3.05, 3.63) is 35.9 Å². The summed E-state index contributed by atoms with van der Waals surface area (Å²) in [7, 11) is 1.24. The standard InChI is InChI=1S/C13H17NO4/c1-4-18-13(2,12(16)17-3)14-11(15)10-8-6-5-7-9-10/h5-9H,4H2,1-3H3,(H,14,15). The maximum atomic E-state index is 12.0. The number of esters is 1. The highest BCUT2D eigenvalue weighted by Crippen LogP contribution is 2.10. The second-order valence-corrected chi connectivity index (χ2v) is 3.78. The molecule has 1 aromatic rings. The number of nitrogens with one attached hydrogen (secondary N) is 1. The molecular formula is C13H17NO4. The molecule has 1 aromatic carbocycles. The van der Waals surface area contributed by atoms with E-state index in [2.05, 4.69) is 10.1 Å². The molecule has 0 aromatic heterocycles. The first-order valence-corrected chi connectivity index (χ1v) is 5.63. The van der Waals surface area contributed by atoms with Crippen LogP contribution in [0.15, 0.2) is 30.3 Å². The molecule has 98 valence electrons. The third-order valence-corrected chi connectivity index (χ3v) is 2.40. The van der Waals surface area contributed by atoms with Gasteiger partial charge in [-0.15, -0.1) is 0 Å². The molecule has 1 rings (SSSR count). The van der Waals surface area contributed by atoms with E-state index in [4.69, 9.17) is 4.74 Å². The third kappa shape index (κ3) is 3.30. The van der Waals surface area contributed by atoms with Crippen molar-refractivity contribution in [3.63, 3.8) is 0 Å². The van der Waals surface area contributed by atoms with Gasteiger partial charge in [0.25, 0.3) is 5.91 Å². The number of carbonyl (C=O) groups is 2. The molecule has 0 bridgehead atoms. The van der Waals surface area contributed by atoms with E-state index in [0.717, 1.165) is 0 Å². The largest absolute Gasteiger partial charge is 0.465 e. The molecule has 0 heterocycles. The highest BCUT2D eigenvalue weighted by atomic mass is 16.6. The average Bonchev–Trinajstić information content (AvgIpc) is 2.39. The Morgan fingerprint density at radius 3 is 2.39 bits per heavy atom. The summed E-state index contributed by atoms with van der Waals surface area (Å²) >= 11 is 0. The van der Waals surface area contributed by atoms with E-state index in [1.807, 2.05) is 0 Å². The molecule has 5 nitrogen and oxygen atoms in total. The molecule has 0 saturated carbocycles. The topological polar surface area (TPSA) is 64.6 Å². The van der Waals surface area contributed by atoms with Gasteiger partial charge in [0.05, 0.1) is 7.11 Å². The quantitative estimate of drug-likeness (QED) is 0.633. The molecule has 0 radical (unpaired) electrons. The Morgan fingerprint density at radius 2 is 1.89 bits per heavy atom. The van der Waals surface area contributed by atoms with E-state index in [1.165, 1.54) is 14.0 Å². The Morgan fingerprint density at radius 1 is 1.28 bits per heavy atom. The molecule has 1 amide bonds. The number of ether oxygens (including phenoxy) is 2. The van der Waals surface area contributed by atoms with E-state index in [1.54, 1.807) is 37.3 Å². The summed E-state index contributed by atoms with van der Waals surface area (Å²) < 4.78 is 9.89. The van der Waals surface area contributed by atoms with E-state index >= 15 is 0 Å². The fourth-order valence-corrected chi connectivity index (χ4v) is 1.51. The number of hydrogen-bond acceptors (Lipinski definition) is 4. The predicted molar refractivity (Wildman–Crippen MR) is 66.0 cm³/mol. The van der Waals surface area contributed by atoms with Crippen LogP contribution in [0.2, 0.25) is 0 Å². The van der Waals surface area contributed by atoms with Crippen LogP contribution in [0.25, 0.3) is 0 Å². The van der Waals surface area contributed by atoms with E-state index in [9.17, 15) is 9.59 Å². The fraction of sp³-hybridized carbons (Fsp3) is 0.385. The highest BCUT2D eigenvalue weighted by molar-refractivity contribution is 5.97. The van der Waals surface area contributed by atoms with Gasteiger partial charge >= 0.3 is 5.97 Å². The van der Waals surface area contributed by atoms with Crippen LogP contribution < -0.4 is 5.32 Å². The molecule has 1 unspecified atom stereocenters. The van der Waals surface area contributed by atoms with Crippen molar-refractivity contribution in [2.75, 3.05) is 13.7 Å². The van der Waals surface area contributed by atoms with Gasteiger partial charge in [-0.2, -0.15) is 0 Å². The van der Waals surface area contributed by atoms with Crippen LogP contribution in [-0.2, 0) is 14.3 Å². The van der Waals surface area contributed by atoms with Crippen LogP contribution >= 0.6 is 0 Å². The lowest BCUT2D eigenvalue weighted by atomic mass is 10.2. The zero-order valence-electron chi connectivity index (χ0n) is 10.7. The van der Waals surface area contributed by atoms with Crippen LogP contribution in [-0.4, -0.2) is 31.3 Å². The van der Waals surface area contributed by atoms with Crippen molar-refractivity contribution in [1.29, 1.82) is 0 Å². The van der Waals surface area contributed by atoms with Gasteiger partial charge in [0.15, 0.2) is 0 Å². The zero-order chi connectivity index (χ0) is 13.6. The zero-order valence-corrected chi connectivity index (χ0v) is 10.7. The van der Waals surface area contributed by atoms with Gasteiger partial charge in [-0.05, 0) is 26.0 Å². The second kappa shape index (κ2) is 6.16. The molecule has 0 aliphatic heterocycles. The van der Waals surface area contributed by atoms with Crippen LogP contribution in [0.5, 0.6) is 0 Å². The van der Waals surface area contributed by atoms with Crippen molar-refractivity contribution >= 4 is 11.9 Å². The van der Waals surface area contributed by atoms with Crippen LogP contribution in [0.3, 0.4) is 0 Å². The normalized spacial score (nSPS) is 13.5. The summed E-state index contributed by atoms with van der Waals surface area (Å²) in [4.78, 5) is 23.6. The molecule has 0 saturated heterocycles. The maximum Gasteiger partial charge on any atom is 0.359 e. The Bertz CT molecular complexity index is 418. The first-order chi connectivity index (χ1) is 8.53. The highest BCUT2D eigenvalue weighted by Gasteiger charge is 2.37. The minimum Gasteiger partial charge on any atom is -0.465 e. The molecular weight excluding hydrogens is 234 g/mol. The molecule has 1 N–H and O–H groups in total. The lowest BCUT2D eigenvalue weighted by molar-refractivity contribution is -0.169. The van der Waals surface area contributed by atoms with Crippen molar-refractivity contribution in [2.45, 2.75) is 19.6 Å². The van der Waals surface area contributed by atoms with Gasteiger partial charge < -0.3 is 14.8 Å². The van der Waals surface area contributed by atoms with E-state index < -0.39 is 17.6 Å². The first-order valence-electron chi connectivity index (χ1n) is 5.63. The number of carbonyl (C=O) groups excluding carboxylic acids is 2. The lowest BCUT2D eigenvalue weighted by Gasteiger charge is -2.27. The minimum atomic E-state index is -1.48. The number of rotatable bonds is 5. The van der Waals surface area contributed by atoms with E-state index in [-0.39, 0.29) is 6.61 Å². The van der Waals surface area contributed by atoms with Crippen molar-refractivity contribution in [3.8, 4) is 0 Å². The van der Waals surface area contributed by atoms with Crippen molar-refractivity contribution < 1.29 is 19.1 Å². The van der Waals surface area contributed by atoms with Crippen LogP contribution in [0.1, 0.15) is 24.2 Å². The number of amides is 1. The summed E-state index contributed by atoms with van der Waals surface area (Å²) in [6.07, 6.45) is 0. The smallest absolute Gasteiger partial charge is 0.359 e.